The van der Waals surface area contributed by atoms with Crippen LogP contribution in [0.2, 0.25) is 0 Å². The number of hydrogen-bond donors (Lipinski definition) is 2. The van der Waals surface area contributed by atoms with Crippen LogP contribution >= 0.6 is 12.4 Å². The molecule has 0 aromatic heterocycles. The third-order valence-electron chi connectivity index (χ3n) is 5.57. The maximum atomic E-state index is 12.4. The van der Waals surface area contributed by atoms with Gasteiger partial charge in [0.2, 0.25) is 5.91 Å². The third kappa shape index (κ3) is 2.70. The van der Waals surface area contributed by atoms with Crippen LogP contribution in [0, 0.1) is 10.8 Å². The maximum Gasteiger partial charge on any atom is 0.240 e. The van der Waals surface area contributed by atoms with Crippen molar-refractivity contribution in [2.75, 3.05) is 13.2 Å². The fourth-order valence-corrected chi connectivity index (χ4v) is 3.08. The van der Waals surface area contributed by atoms with E-state index in [-0.39, 0.29) is 29.8 Å². The van der Waals surface area contributed by atoms with Gasteiger partial charge in [-0.2, -0.15) is 0 Å². The fraction of sp³-hybridized carbons (Fsp3) is 0.933. The summed E-state index contributed by atoms with van der Waals surface area (Å²) >= 11 is 0. The van der Waals surface area contributed by atoms with E-state index in [1.165, 1.54) is 12.8 Å². The maximum absolute atomic E-state index is 12.4. The van der Waals surface area contributed by atoms with Crippen LogP contribution in [0.5, 0.6) is 0 Å². The quantitative estimate of drug-likeness (QED) is 0.791. The van der Waals surface area contributed by atoms with E-state index in [1.807, 2.05) is 20.8 Å². The van der Waals surface area contributed by atoms with Gasteiger partial charge in [-0.25, -0.2) is 0 Å². The Morgan fingerprint density at radius 1 is 1.35 bits per heavy atom. The second-order valence-corrected chi connectivity index (χ2v) is 6.88. The predicted molar refractivity (Wildman–Crippen MR) is 82.9 cm³/mol. The highest BCUT2D eigenvalue weighted by atomic mass is 35.5. The number of nitrogens with one attached hydrogen (secondary N) is 1. The number of rotatable bonds is 6. The van der Waals surface area contributed by atoms with E-state index in [9.17, 15) is 4.79 Å². The van der Waals surface area contributed by atoms with Crippen LogP contribution in [0.1, 0.15) is 53.4 Å². The molecular weight excluding hydrogens is 276 g/mol. The Balaban J connectivity index is 0.00000200. The van der Waals surface area contributed by atoms with Crippen molar-refractivity contribution in [3.63, 3.8) is 0 Å². The lowest BCUT2D eigenvalue weighted by Crippen LogP contribution is -2.76. The molecule has 2 aliphatic rings. The van der Waals surface area contributed by atoms with Gasteiger partial charge in [0.05, 0.1) is 6.10 Å². The number of hydrogen-bond acceptors (Lipinski definition) is 3. The van der Waals surface area contributed by atoms with Crippen LogP contribution in [-0.4, -0.2) is 30.7 Å². The Hall–Kier alpha value is -0.320. The molecular formula is C15H29ClN2O2. The molecule has 2 atom stereocenters. The summed E-state index contributed by atoms with van der Waals surface area (Å²) in [6.45, 7) is 9.67. The molecule has 3 N–H and O–H groups in total. The number of carbonyl (C=O) groups is 1. The molecule has 0 radical (unpaired) electrons. The summed E-state index contributed by atoms with van der Waals surface area (Å²) in [6, 6.07) is 0. The number of carbonyl (C=O) groups excluding carboxylic acids is 1. The first kappa shape index (κ1) is 17.7. The first-order valence-electron chi connectivity index (χ1n) is 7.50. The van der Waals surface area contributed by atoms with Crippen molar-refractivity contribution in [2.45, 2.75) is 65.0 Å². The number of ether oxygens (including phenoxy) is 1. The molecule has 0 aliphatic heterocycles. The molecule has 2 aliphatic carbocycles. The van der Waals surface area contributed by atoms with Gasteiger partial charge in [0, 0.05) is 25.0 Å². The first-order valence-corrected chi connectivity index (χ1v) is 7.50. The topological polar surface area (TPSA) is 64.3 Å². The van der Waals surface area contributed by atoms with Gasteiger partial charge in [0.15, 0.2) is 0 Å². The van der Waals surface area contributed by atoms with Crippen molar-refractivity contribution in [2.24, 2.45) is 16.6 Å². The van der Waals surface area contributed by atoms with E-state index in [1.54, 1.807) is 0 Å². The first-order chi connectivity index (χ1) is 8.81. The van der Waals surface area contributed by atoms with E-state index < -0.39 is 5.54 Å². The average molecular weight is 305 g/mol. The summed E-state index contributed by atoms with van der Waals surface area (Å²) in [5, 5.41) is 3.08. The van der Waals surface area contributed by atoms with Gasteiger partial charge in [-0.3, -0.25) is 4.79 Å². The summed E-state index contributed by atoms with van der Waals surface area (Å²) in [4.78, 5) is 12.4. The molecule has 2 fully saturated rings. The lowest BCUT2D eigenvalue weighted by atomic mass is 9.54. The Bertz CT molecular complexity index is 369. The van der Waals surface area contributed by atoms with E-state index >= 15 is 0 Å². The molecule has 20 heavy (non-hydrogen) atoms. The summed E-state index contributed by atoms with van der Waals surface area (Å²) in [6.07, 6.45) is 4.31. The van der Waals surface area contributed by atoms with E-state index in [4.69, 9.17) is 10.5 Å². The van der Waals surface area contributed by atoms with Crippen molar-refractivity contribution in [3.8, 4) is 0 Å². The fourth-order valence-electron chi connectivity index (χ4n) is 3.08. The second kappa shape index (κ2) is 5.82. The highest BCUT2D eigenvalue weighted by molar-refractivity contribution is 5.88. The number of nitrogens with two attached hydrogens (primary N) is 1. The number of halogens is 1. The SMILES string of the molecule is CCOC1CC(N)(C(=O)NCC2(CC)CC2)C1(C)C.Cl. The highest BCUT2D eigenvalue weighted by Gasteiger charge is 2.63. The summed E-state index contributed by atoms with van der Waals surface area (Å²) in [5.74, 6) is -0.00632. The predicted octanol–water partition coefficient (Wildman–Crippen LogP) is 2.25. The zero-order valence-corrected chi connectivity index (χ0v) is 13.9. The van der Waals surface area contributed by atoms with Crippen LogP contribution in [0.3, 0.4) is 0 Å². The van der Waals surface area contributed by atoms with Crippen LogP contribution in [0.15, 0.2) is 0 Å². The van der Waals surface area contributed by atoms with Gasteiger partial charge < -0.3 is 15.8 Å². The molecule has 1 amide bonds. The summed E-state index contributed by atoms with van der Waals surface area (Å²) in [7, 11) is 0. The van der Waals surface area contributed by atoms with Crippen LogP contribution in [-0.2, 0) is 9.53 Å². The Labute approximate surface area is 128 Å². The molecule has 0 heterocycles. The largest absolute Gasteiger partial charge is 0.378 e. The Morgan fingerprint density at radius 3 is 2.35 bits per heavy atom. The van der Waals surface area contributed by atoms with Gasteiger partial charge >= 0.3 is 0 Å². The van der Waals surface area contributed by atoms with Gasteiger partial charge in [-0.15, -0.1) is 12.4 Å². The normalized spacial score (nSPS) is 32.8. The molecule has 2 rings (SSSR count). The molecule has 2 saturated carbocycles. The van der Waals surface area contributed by atoms with Crippen LogP contribution < -0.4 is 11.1 Å². The Morgan fingerprint density at radius 2 is 1.95 bits per heavy atom. The molecule has 0 bridgehead atoms. The van der Waals surface area contributed by atoms with Gasteiger partial charge in [0.25, 0.3) is 0 Å². The molecule has 0 saturated heterocycles. The average Bonchev–Trinajstić information content (AvgIpc) is 3.16. The molecule has 2 unspecified atom stereocenters. The van der Waals surface area contributed by atoms with Crippen molar-refractivity contribution < 1.29 is 9.53 Å². The smallest absolute Gasteiger partial charge is 0.240 e. The lowest BCUT2D eigenvalue weighted by Gasteiger charge is -2.57. The zero-order chi connectivity index (χ0) is 14.3. The van der Waals surface area contributed by atoms with Gasteiger partial charge in [-0.05, 0) is 31.6 Å². The molecule has 0 aromatic rings. The molecule has 0 aromatic carbocycles. The lowest BCUT2D eigenvalue weighted by molar-refractivity contribution is -0.170. The van der Waals surface area contributed by atoms with E-state index in [2.05, 4.69) is 12.2 Å². The molecule has 0 spiro atoms. The van der Waals surface area contributed by atoms with Gasteiger partial charge in [0.1, 0.15) is 5.54 Å². The van der Waals surface area contributed by atoms with E-state index in [0.29, 0.717) is 18.4 Å². The number of amides is 1. The van der Waals surface area contributed by atoms with Crippen LogP contribution in [0.4, 0.5) is 0 Å². The zero-order valence-electron chi connectivity index (χ0n) is 13.1. The van der Waals surface area contributed by atoms with Gasteiger partial charge in [-0.1, -0.05) is 20.8 Å². The minimum absolute atomic E-state index is 0. The van der Waals surface area contributed by atoms with Crippen LogP contribution in [0.25, 0.3) is 0 Å². The Kier molecular flexibility index (Phi) is 5.16. The standard InChI is InChI=1S/C15H28N2O2.ClH/c1-5-14(7-8-14)10-17-12(18)15(16)9-11(19-6-2)13(15,3)4;/h11H,5-10,16H2,1-4H3,(H,17,18);1H. The van der Waals surface area contributed by atoms with Crippen molar-refractivity contribution >= 4 is 18.3 Å². The van der Waals surface area contributed by atoms with E-state index in [0.717, 1.165) is 13.0 Å². The summed E-state index contributed by atoms with van der Waals surface area (Å²) < 4.78 is 5.66. The molecule has 4 nitrogen and oxygen atoms in total. The van der Waals surface area contributed by atoms with Crippen molar-refractivity contribution in [3.05, 3.63) is 0 Å². The second-order valence-electron chi connectivity index (χ2n) is 6.88. The minimum atomic E-state index is -0.781. The van der Waals surface area contributed by atoms with Crippen molar-refractivity contribution in [1.29, 1.82) is 0 Å². The highest BCUT2D eigenvalue weighted by Crippen LogP contribution is 2.51. The third-order valence-corrected chi connectivity index (χ3v) is 5.57. The minimum Gasteiger partial charge on any atom is -0.378 e. The molecule has 5 heteroatoms. The van der Waals surface area contributed by atoms with Crippen molar-refractivity contribution in [1.82, 2.24) is 5.32 Å². The molecule has 118 valence electrons. The monoisotopic (exact) mass is 304 g/mol. The summed E-state index contributed by atoms with van der Waals surface area (Å²) in [5.41, 5.74) is 5.63.